The minimum atomic E-state index is -1.20. The third kappa shape index (κ3) is 5.35. The van der Waals surface area contributed by atoms with E-state index in [4.69, 9.17) is 11.5 Å². The average Bonchev–Trinajstić information content (AvgIpc) is 3.33. The van der Waals surface area contributed by atoms with Gasteiger partial charge in [-0.15, -0.1) is 12.3 Å². The van der Waals surface area contributed by atoms with Crippen LogP contribution < -0.4 is 0 Å². The molecule has 1 heterocycles. The standard InChI is InChI=1S/C17H17F2N3O3/c1-2-3-7-17(20-21-17)8-6-15(23)22(11-16(24)25)10-12-4-5-13(18)14(19)9-12/h1,4-5,9H,3,6-8,10-11H2,(H,24,25). The van der Waals surface area contributed by atoms with Crippen LogP contribution in [0, 0.1) is 24.0 Å². The fraction of sp³-hybridized carbons (Fsp3) is 0.412. The van der Waals surface area contributed by atoms with E-state index in [1.807, 2.05) is 0 Å². The fourth-order valence-corrected chi connectivity index (χ4v) is 2.39. The summed E-state index contributed by atoms with van der Waals surface area (Å²) < 4.78 is 26.3. The molecule has 0 atom stereocenters. The van der Waals surface area contributed by atoms with E-state index in [-0.39, 0.29) is 13.0 Å². The Morgan fingerprint density at radius 3 is 2.52 bits per heavy atom. The highest BCUT2D eigenvalue weighted by atomic mass is 19.2. The van der Waals surface area contributed by atoms with Crippen LogP contribution in [0.2, 0.25) is 0 Å². The monoisotopic (exact) mass is 349 g/mol. The summed E-state index contributed by atoms with van der Waals surface area (Å²) in [5, 5.41) is 16.8. The summed E-state index contributed by atoms with van der Waals surface area (Å²) in [6, 6.07) is 3.18. The number of hydrogen-bond acceptors (Lipinski definition) is 4. The number of carbonyl (C=O) groups is 2. The zero-order chi connectivity index (χ0) is 18.4. The number of terminal acetylenes is 1. The lowest BCUT2D eigenvalue weighted by Gasteiger charge is -2.21. The highest BCUT2D eigenvalue weighted by Gasteiger charge is 2.39. The largest absolute Gasteiger partial charge is 0.480 e. The third-order valence-electron chi connectivity index (χ3n) is 3.83. The summed E-state index contributed by atoms with van der Waals surface area (Å²) >= 11 is 0. The summed E-state index contributed by atoms with van der Waals surface area (Å²) in [5.41, 5.74) is -0.338. The molecule has 0 spiro atoms. The lowest BCUT2D eigenvalue weighted by molar-refractivity contribution is -0.145. The lowest BCUT2D eigenvalue weighted by Crippen LogP contribution is -2.35. The summed E-state index contributed by atoms with van der Waals surface area (Å²) in [6.45, 7) is -0.669. The predicted molar refractivity (Wildman–Crippen MR) is 84.3 cm³/mol. The van der Waals surface area contributed by atoms with Gasteiger partial charge in [-0.1, -0.05) is 6.07 Å². The molecule has 0 radical (unpaired) electrons. The van der Waals surface area contributed by atoms with Gasteiger partial charge in [0.15, 0.2) is 17.3 Å². The van der Waals surface area contributed by atoms with Crippen LogP contribution in [0.15, 0.2) is 28.4 Å². The molecule has 1 N–H and O–H groups in total. The Balaban J connectivity index is 1.98. The molecule has 1 aromatic carbocycles. The number of carboxylic acid groups (broad SMARTS) is 1. The first-order valence-electron chi connectivity index (χ1n) is 7.66. The van der Waals surface area contributed by atoms with E-state index in [0.29, 0.717) is 24.8 Å². The first kappa shape index (κ1) is 18.5. The van der Waals surface area contributed by atoms with Crippen LogP contribution in [0.5, 0.6) is 0 Å². The van der Waals surface area contributed by atoms with Crippen LogP contribution in [0.25, 0.3) is 0 Å². The van der Waals surface area contributed by atoms with E-state index in [1.165, 1.54) is 6.07 Å². The van der Waals surface area contributed by atoms with Gasteiger partial charge in [0.2, 0.25) is 5.91 Å². The van der Waals surface area contributed by atoms with Crippen molar-refractivity contribution < 1.29 is 23.5 Å². The number of carboxylic acids is 1. The average molecular weight is 349 g/mol. The molecular formula is C17H17F2N3O3. The van der Waals surface area contributed by atoms with Gasteiger partial charge in [0.25, 0.3) is 0 Å². The van der Waals surface area contributed by atoms with Crippen LogP contribution in [0.1, 0.15) is 31.2 Å². The number of hydrogen-bond donors (Lipinski definition) is 1. The highest BCUT2D eigenvalue weighted by molar-refractivity contribution is 5.81. The van der Waals surface area contributed by atoms with Crippen molar-refractivity contribution >= 4 is 11.9 Å². The van der Waals surface area contributed by atoms with Gasteiger partial charge < -0.3 is 10.0 Å². The number of rotatable bonds is 9. The Bertz CT molecular complexity index is 737. The molecule has 0 aromatic heterocycles. The highest BCUT2D eigenvalue weighted by Crippen LogP contribution is 2.37. The normalized spacial score (nSPS) is 14.0. The molecule has 0 unspecified atom stereocenters. The van der Waals surface area contributed by atoms with Crippen LogP contribution in [0.3, 0.4) is 0 Å². The van der Waals surface area contributed by atoms with E-state index in [2.05, 4.69) is 16.1 Å². The second kappa shape index (κ2) is 7.83. The van der Waals surface area contributed by atoms with E-state index < -0.39 is 35.7 Å². The van der Waals surface area contributed by atoms with Gasteiger partial charge in [-0.2, -0.15) is 10.2 Å². The summed E-state index contributed by atoms with van der Waals surface area (Å²) in [4.78, 5) is 24.4. The Morgan fingerprint density at radius 1 is 1.24 bits per heavy atom. The quantitative estimate of drug-likeness (QED) is 0.696. The van der Waals surface area contributed by atoms with Crippen molar-refractivity contribution in [2.45, 2.75) is 37.9 Å². The Hall–Kier alpha value is -2.82. The van der Waals surface area contributed by atoms with Gasteiger partial charge >= 0.3 is 5.97 Å². The second-order valence-corrected chi connectivity index (χ2v) is 5.78. The van der Waals surface area contributed by atoms with E-state index in [1.54, 1.807) is 0 Å². The SMILES string of the molecule is C#CCCC1(CCC(=O)N(CC(=O)O)Cc2ccc(F)c(F)c2)N=N1. The molecule has 0 saturated carbocycles. The van der Waals surface area contributed by atoms with Crippen molar-refractivity contribution in [2.24, 2.45) is 10.2 Å². The van der Waals surface area contributed by atoms with Crippen LogP contribution in [-0.4, -0.2) is 34.1 Å². The molecule has 1 aliphatic rings. The maximum atomic E-state index is 13.3. The van der Waals surface area contributed by atoms with Gasteiger partial charge in [0.1, 0.15) is 6.54 Å². The molecule has 25 heavy (non-hydrogen) atoms. The smallest absolute Gasteiger partial charge is 0.323 e. The molecule has 1 aliphatic heterocycles. The number of benzene rings is 1. The van der Waals surface area contributed by atoms with Crippen LogP contribution in [-0.2, 0) is 16.1 Å². The number of amides is 1. The number of carbonyl (C=O) groups excluding carboxylic acids is 1. The Morgan fingerprint density at radius 2 is 1.96 bits per heavy atom. The van der Waals surface area contributed by atoms with Crippen molar-refractivity contribution in [3.8, 4) is 12.3 Å². The lowest BCUT2D eigenvalue weighted by atomic mass is 10.0. The molecule has 6 nitrogen and oxygen atoms in total. The molecule has 0 fully saturated rings. The maximum Gasteiger partial charge on any atom is 0.323 e. The molecule has 1 amide bonds. The summed E-state index contributed by atoms with van der Waals surface area (Å²) in [7, 11) is 0. The number of aliphatic carboxylic acids is 1. The minimum Gasteiger partial charge on any atom is -0.480 e. The Labute approximate surface area is 143 Å². The summed E-state index contributed by atoms with van der Waals surface area (Å²) in [6.07, 6.45) is 6.59. The van der Waals surface area contributed by atoms with Crippen LogP contribution >= 0.6 is 0 Å². The first-order chi connectivity index (χ1) is 11.8. The Kier molecular flexibility index (Phi) is 5.80. The minimum absolute atomic E-state index is 0.0362. The van der Waals surface area contributed by atoms with E-state index in [0.717, 1.165) is 17.0 Å². The number of nitrogens with zero attached hydrogens (tertiary/aromatic N) is 3. The molecule has 0 aliphatic carbocycles. The zero-order valence-corrected chi connectivity index (χ0v) is 13.4. The van der Waals surface area contributed by atoms with Crippen LogP contribution in [0.4, 0.5) is 8.78 Å². The molecule has 1 aromatic rings. The van der Waals surface area contributed by atoms with Gasteiger partial charge in [-0.3, -0.25) is 9.59 Å². The van der Waals surface area contributed by atoms with Crippen molar-refractivity contribution in [2.75, 3.05) is 6.54 Å². The van der Waals surface area contributed by atoms with Crippen molar-refractivity contribution in [1.29, 1.82) is 0 Å². The van der Waals surface area contributed by atoms with Gasteiger partial charge in [0, 0.05) is 32.2 Å². The topological polar surface area (TPSA) is 82.3 Å². The molecular weight excluding hydrogens is 332 g/mol. The van der Waals surface area contributed by atoms with Crippen molar-refractivity contribution in [3.05, 3.63) is 35.4 Å². The molecule has 132 valence electrons. The zero-order valence-electron chi connectivity index (χ0n) is 13.4. The fourth-order valence-electron chi connectivity index (χ4n) is 2.39. The third-order valence-corrected chi connectivity index (χ3v) is 3.83. The van der Waals surface area contributed by atoms with Crippen molar-refractivity contribution in [3.63, 3.8) is 0 Å². The predicted octanol–water partition coefficient (Wildman–Crippen LogP) is 2.73. The molecule has 2 rings (SSSR count). The van der Waals surface area contributed by atoms with Gasteiger partial charge in [-0.05, 0) is 17.7 Å². The summed E-state index contributed by atoms with van der Waals surface area (Å²) in [5.74, 6) is -1.20. The van der Waals surface area contributed by atoms with Crippen molar-refractivity contribution in [1.82, 2.24) is 4.90 Å². The van der Waals surface area contributed by atoms with E-state index >= 15 is 0 Å². The van der Waals surface area contributed by atoms with Gasteiger partial charge in [0.05, 0.1) is 0 Å². The van der Waals surface area contributed by atoms with Gasteiger partial charge in [-0.25, -0.2) is 8.78 Å². The number of halogens is 2. The molecule has 0 saturated heterocycles. The second-order valence-electron chi connectivity index (χ2n) is 5.78. The first-order valence-corrected chi connectivity index (χ1v) is 7.66. The molecule has 8 heteroatoms. The maximum absolute atomic E-state index is 13.3. The molecule has 0 bridgehead atoms. The van der Waals surface area contributed by atoms with E-state index in [9.17, 15) is 18.4 Å².